The first kappa shape index (κ1) is 16.9. The van der Waals surface area contributed by atoms with E-state index in [0.717, 1.165) is 25.1 Å². The highest BCUT2D eigenvalue weighted by Crippen LogP contribution is 2.14. The Balaban J connectivity index is 1.81. The van der Waals surface area contributed by atoms with Crippen LogP contribution < -0.4 is 10.5 Å². The fourth-order valence-corrected chi connectivity index (χ4v) is 3.20. The van der Waals surface area contributed by atoms with Crippen molar-refractivity contribution in [2.24, 2.45) is 11.1 Å². The molecule has 0 aromatic heterocycles. The summed E-state index contributed by atoms with van der Waals surface area (Å²) >= 11 is 0. The van der Waals surface area contributed by atoms with E-state index in [1.807, 2.05) is 0 Å². The van der Waals surface area contributed by atoms with Crippen LogP contribution in [0.3, 0.4) is 0 Å². The van der Waals surface area contributed by atoms with Crippen molar-refractivity contribution in [3.63, 3.8) is 0 Å². The van der Waals surface area contributed by atoms with Gasteiger partial charge >= 0.3 is 0 Å². The third-order valence-electron chi connectivity index (χ3n) is 3.85. The topological polar surface area (TPSA) is 92.5 Å². The highest BCUT2D eigenvalue weighted by molar-refractivity contribution is 7.89. The van der Waals surface area contributed by atoms with Gasteiger partial charge in [-0.1, -0.05) is 19.1 Å². The lowest BCUT2D eigenvalue weighted by molar-refractivity contribution is -0.122. The van der Waals surface area contributed by atoms with Crippen LogP contribution in [-0.4, -0.2) is 38.9 Å². The van der Waals surface area contributed by atoms with E-state index in [4.69, 9.17) is 5.14 Å². The fourth-order valence-electron chi connectivity index (χ4n) is 2.69. The number of amides is 1. The Labute approximate surface area is 131 Å². The van der Waals surface area contributed by atoms with Gasteiger partial charge in [-0.15, -0.1) is 0 Å². The van der Waals surface area contributed by atoms with Crippen LogP contribution in [0.4, 0.5) is 0 Å². The van der Waals surface area contributed by atoms with Gasteiger partial charge in [-0.3, -0.25) is 9.69 Å². The largest absolute Gasteiger partial charge is 0.351 e. The molecule has 0 saturated carbocycles. The molecule has 1 aromatic rings. The Hall–Kier alpha value is -1.44. The molecule has 6 nitrogen and oxygen atoms in total. The van der Waals surface area contributed by atoms with Crippen LogP contribution in [-0.2, 0) is 21.4 Å². The number of benzene rings is 1. The Bertz CT molecular complexity index is 613. The minimum absolute atomic E-state index is 0.00961. The predicted molar refractivity (Wildman–Crippen MR) is 84.5 cm³/mol. The molecule has 1 aliphatic heterocycles. The van der Waals surface area contributed by atoms with Crippen molar-refractivity contribution in [3.8, 4) is 0 Å². The minimum atomic E-state index is -3.67. The highest BCUT2D eigenvalue weighted by Gasteiger charge is 2.18. The molecule has 22 heavy (non-hydrogen) atoms. The lowest BCUT2D eigenvalue weighted by Gasteiger charge is -2.30. The number of hydrogen-bond donors (Lipinski definition) is 2. The fraction of sp³-hybridized carbons (Fsp3) is 0.533. The van der Waals surface area contributed by atoms with Gasteiger partial charge in [-0.05, 0) is 43.0 Å². The summed E-state index contributed by atoms with van der Waals surface area (Å²) in [7, 11) is -3.67. The quantitative estimate of drug-likeness (QED) is 0.833. The molecule has 0 spiro atoms. The normalized spacial score (nSPS) is 19.8. The van der Waals surface area contributed by atoms with Gasteiger partial charge in [0.1, 0.15) is 0 Å². The molecule has 1 fully saturated rings. The first-order chi connectivity index (χ1) is 10.3. The molecule has 3 N–H and O–H groups in total. The lowest BCUT2D eigenvalue weighted by atomic mass is 10.0. The first-order valence-corrected chi connectivity index (χ1v) is 9.00. The summed E-state index contributed by atoms with van der Waals surface area (Å²) in [6, 6.07) is 6.21. The molecular weight excluding hydrogens is 302 g/mol. The van der Waals surface area contributed by atoms with Crippen LogP contribution in [0.1, 0.15) is 25.3 Å². The number of rotatable bonds is 5. The van der Waals surface area contributed by atoms with Gasteiger partial charge in [0.2, 0.25) is 15.9 Å². The van der Waals surface area contributed by atoms with Gasteiger partial charge in [0, 0.05) is 13.1 Å². The van der Waals surface area contributed by atoms with E-state index in [1.165, 1.54) is 18.6 Å². The number of likely N-dealkylation sites (tertiary alicyclic amines) is 1. The lowest BCUT2D eigenvalue weighted by Crippen LogP contribution is -2.41. The molecule has 1 heterocycles. The summed E-state index contributed by atoms with van der Waals surface area (Å²) in [6.07, 6.45) is 2.37. The molecule has 1 aromatic carbocycles. The summed E-state index contributed by atoms with van der Waals surface area (Å²) in [5.41, 5.74) is 0.841. The molecule has 7 heteroatoms. The summed E-state index contributed by atoms with van der Waals surface area (Å²) in [4.78, 5) is 14.2. The average molecular weight is 325 g/mol. The third kappa shape index (κ3) is 5.08. The third-order valence-corrected chi connectivity index (χ3v) is 4.78. The van der Waals surface area contributed by atoms with E-state index >= 15 is 0 Å². The molecule has 1 saturated heterocycles. The maximum atomic E-state index is 11.9. The van der Waals surface area contributed by atoms with Crippen LogP contribution in [0.25, 0.3) is 0 Å². The van der Waals surface area contributed by atoms with Crippen molar-refractivity contribution < 1.29 is 13.2 Å². The van der Waals surface area contributed by atoms with Crippen LogP contribution >= 0.6 is 0 Å². The maximum Gasteiger partial charge on any atom is 0.238 e. The van der Waals surface area contributed by atoms with Gasteiger partial charge in [0.25, 0.3) is 0 Å². The van der Waals surface area contributed by atoms with E-state index in [-0.39, 0.29) is 10.8 Å². The maximum absolute atomic E-state index is 11.9. The van der Waals surface area contributed by atoms with E-state index in [9.17, 15) is 13.2 Å². The number of nitrogens with two attached hydrogens (primary N) is 1. The Morgan fingerprint density at radius 3 is 2.64 bits per heavy atom. The van der Waals surface area contributed by atoms with Gasteiger partial charge < -0.3 is 5.32 Å². The van der Waals surface area contributed by atoms with Crippen LogP contribution in [0.5, 0.6) is 0 Å². The van der Waals surface area contributed by atoms with Crippen molar-refractivity contribution in [3.05, 3.63) is 29.8 Å². The number of primary sulfonamides is 1. The summed E-state index contributed by atoms with van der Waals surface area (Å²) in [5.74, 6) is 0.636. The molecule has 122 valence electrons. The van der Waals surface area contributed by atoms with Crippen molar-refractivity contribution in [2.45, 2.75) is 31.2 Å². The van der Waals surface area contributed by atoms with Gasteiger partial charge in [-0.2, -0.15) is 0 Å². The number of piperidine rings is 1. The predicted octanol–water partition coefficient (Wildman–Crippen LogP) is 0.682. The second-order valence-electron chi connectivity index (χ2n) is 5.95. The molecule has 0 radical (unpaired) electrons. The van der Waals surface area contributed by atoms with Gasteiger partial charge in [0.15, 0.2) is 0 Å². The zero-order valence-electron chi connectivity index (χ0n) is 12.8. The Morgan fingerprint density at radius 2 is 2.05 bits per heavy atom. The monoisotopic (exact) mass is 325 g/mol. The van der Waals surface area contributed by atoms with Crippen molar-refractivity contribution in [1.29, 1.82) is 0 Å². The Morgan fingerprint density at radius 1 is 1.36 bits per heavy atom. The standard InChI is InChI=1S/C15H23N3O3S/c1-12-3-2-8-18(10-12)11-15(19)17-9-13-4-6-14(7-5-13)22(16,20)21/h4-7,12H,2-3,8-11H2,1H3,(H,17,19)(H2,16,20,21)/t12-/m0/s1. The van der Waals surface area contributed by atoms with E-state index in [1.54, 1.807) is 12.1 Å². The minimum Gasteiger partial charge on any atom is -0.351 e. The number of nitrogens with one attached hydrogen (secondary N) is 1. The molecule has 1 amide bonds. The zero-order valence-corrected chi connectivity index (χ0v) is 13.6. The van der Waals surface area contributed by atoms with Gasteiger partial charge in [-0.25, -0.2) is 13.6 Å². The molecule has 1 atom stereocenters. The average Bonchev–Trinajstić information content (AvgIpc) is 2.45. The number of carbonyl (C=O) groups is 1. The summed E-state index contributed by atoms with van der Waals surface area (Å²) in [6.45, 7) is 4.95. The second kappa shape index (κ2) is 7.21. The molecule has 2 rings (SSSR count). The Kier molecular flexibility index (Phi) is 5.55. The smallest absolute Gasteiger partial charge is 0.238 e. The van der Waals surface area contributed by atoms with Crippen molar-refractivity contribution >= 4 is 15.9 Å². The molecule has 1 aliphatic rings. The molecule has 0 aliphatic carbocycles. The summed E-state index contributed by atoms with van der Waals surface area (Å²) in [5, 5.41) is 7.90. The SMILES string of the molecule is C[C@H]1CCCN(CC(=O)NCc2ccc(S(N)(=O)=O)cc2)C1. The number of carbonyl (C=O) groups excluding carboxylic acids is 1. The van der Waals surface area contributed by atoms with Crippen LogP contribution in [0.2, 0.25) is 0 Å². The van der Waals surface area contributed by atoms with Gasteiger partial charge in [0.05, 0.1) is 11.4 Å². The zero-order chi connectivity index (χ0) is 16.2. The highest BCUT2D eigenvalue weighted by atomic mass is 32.2. The number of nitrogens with zero attached hydrogens (tertiary/aromatic N) is 1. The van der Waals surface area contributed by atoms with Crippen molar-refractivity contribution in [2.75, 3.05) is 19.6 Å². The summed E-state index contributed by atoms with van der Waals surface area (Å²) < 4.78 is 22.3. The second-order valence-corrected chi connectivity index (χ2v) is 7.51. The van der Waals surface area contributed by atoms with E-state index in [2.05, 4.69) is 17.1 Å². The number of hydrogen-bond acceptors (Lipinski definition) is 4. The molecular formula is C15H23N3O3S. The molecule has 0 unspecified atom stereocenters. The van der Waals surface area contributed by atoms with E-state index in [0.29, 0.717) is 19.0 Å². The molecule has 0 bridgehead atoms. The van der Waals surface area contributed by atoms with Crippen LogP contribution in [0.15, 0.2) is 29.2 Å². The number of sulfonamides is 1. The first-order valence-electron chi connectivity index (χ1n) is 7.45. The van der Waals surface area contributed by atoms with Crippen molar-refractivity contribution in [1.82, 2.24) is 10.2 Å². The van der Waals surface area contributed by atoms with E-state index < -0.39 is 10.0 Å². The van der Waals surface area contributed by atoms with Crippen LogP contribution in [0, 0.1) is 5.92 Å².